The summed E-state index contributed by atoms with van der Waals surface area (Å²) in [5, 5.41) is 3.47. The standard InChI is InChI=1S/C14H23N5/c1-18-9-13(16-11-18)5-3-7-15-8-4-6-14-10-19(2)12-17-14/h9-12,15H,3-8H2,1-2H3. The van der Waals surface area contributed by atoms with Gasteiger partial charge in [0.25, 0.3) is 0 Å². The van der Waals surface area contributed by atoms with E-state index in [1.807, 2.05) is 35.9 Å². The highest BCUT2D eigenvalue weighted by Gasteiger charge is 1.98. The third-order valence-electron chi connectivity index (χ3n) is 3.09. The molecule has 0 bridgehead atoms. The first kappa shape index (κ1) is 13.8. The molecule has 0 amide bonds. The summed E-state index contributed by atoms with van der Waals surface area (Å²) in [5.41, 5.74) is 2.36. The molecule has 0 aliphatic carbocycles. The van der Waals surface area contributed by atoms with Crippen molar-refractivity contribution in [1.29, 1.82) is 0 Å². The molecule has 0 unspecified atom stereocenters. The van der Waals surface area contributed by atoms with E-state index < -0.39 is 0 Å². The summed E-state index contributed by atoms with van der Waals surface area (Å²) in [4.78, 5) is 8.63. The molecule has 5 nitrogen and oxygen atoms in total. The van der Waals surface area contributed by atoms with Crippen molar-refractivity contribution < 1.29 is 0 Å². The fourth-order valence-corrected chi connectivity index (χ4v) is 2.11. The van der Waals surface area contributed by atoms with E-state index in [1.54, 1.807) is 0 Å². The first-order valence-electron chi connectivity index (χ1n) is 6.88. The molecule has 0 aliphatic heterocycles. The van der Waals surface area contributed by atoms with Gasteiger partial charge in [-0.15, -0.1) is 0 Å². The molecule has 0 radical (unpaired) electrons. The lowest BCUT2D eigenvalue weighted by Crippen LogP contribution is -2.17. The molecule has 0 aliphatic rings. The van der Waals surface area contributed by atoms with E-state index in [0.717, 1.165) is 38.8 Å². The van der Waals surface area contributed by atoms with E-state index in [-0.39, 0.29) is 0 Å². The van der Waals surface area contributed by atoms with Gasteiger partial charge in [0.15, 0.2) is 0 Å². The average molecular weight is 261 g/mol. The van der Waals surface area contributed by atoms with Crippen LogP contribution in [0.4, 0.5) is 0 Å². The SMILES string of the molecule is Cn1cnc(CCCNCCCc2cn(C)cn2)c1. The smallest absolute Gasteiger partial charge is 0.0946 e. The van der Waals surface area contributed by atoms with Crippen molar-refractivity contribution in [2.45, 2.75) is 25.7 Å². The molecule has 2 rings (SSSR count). The summed E-state index contributed by atoms with van der Waals surface area (Å²) in [7, 11) is 4.01. The van der Waals surface area contributed by atoms with E-state index in [9.17, 15) is 0 Å². The number of nitrogens with one attached hydrogen (secondary N) is 1. The van der Waals surface area contributed by atoms with Gasteiger partial charge in [0.2, 0.25) is 0 Å². The minimum Gasteiger partial charge on any atom is -0.340 e. The van der Waals surface area contributed by atoms with Gasteiger partial charge >= 0.3 is 0 Å². The highest BCUT2D eigenvalue weighted by Crippen LogP contribution is 1.99. The van der Waals surface area contributed by atoms with Crippen molar-refractivity contribution in [2.24, 2.45) is 14.1 Å². The van der Waals surface area contributed by atoms with Crippen molar-refractivity contribution in [1.82, 2.24) is 24.4 Å². The number of hydrogen-bond donors (Lipinski definition) is 1. The van der Waals surface area contributed by atoms with E-state index in [2.05, 4.69) is 27.7 Å². The summed E-state index contributed by atoms with van der Waals surface area (Å²) in [6.45, 7) is 2.11. The van der Waals surface area contributed by atoms with Crippen molar-refractivity contribution in [2.75, 3.05) is 13.1 Å². The van der Waals surface area contributed by atoms with Crippen LogP contribution in [0.2, 0.25) is 0 Å². The molecule has 5 heteroatoms. The van der Waals surface area contributed by atoms with Crippen molar-refractivity contribution >= 4 is 0 Å². The molecule has 0 saturated carbocycles. The van der Waals surface area contributed by atoms with Crippen LogP contribution < -0.4 is 5.32 Å². The molecule has 104 valence electrons. The van der Waals surface area contributed by atoms with Crippen LogP contribution >= 0.6 is 0 Å². The first-order valence-corrected chi connectivity index (χ1v) is 6.88. The first-order chi connectivity index (χ1) is 9.24. The molecule has 0 fully saturated rings. The van der Waals surface area contributed by atoms with Gasteiger partial charge < -0.3 is 14.5 Å². The number of hydrogen-bond acceptors (Lipinski definition) is 3. The quantitative estimate of drug-likeness (QED) is 0.729. The fourth-order valence-electron chi connectivity index (χ4n) is 2.11. The Morgan fingerprint density at radius 1 is 0.895 bits per heavy atom. The second-order valence-corrected chi connectivity index (χ2v) is 5.02. The Kier molecular flexibility index (Phi) is 5.15. The van der Waals surface area contributed by atoms with Gasteiger partial charge in [-0.25, -0.2) is 9.97 Å². The zero-order chi connectivity index (χ0) is 13.5. The average Bonchev–Trinajstić information content (AvgIpc) is 2.97. The monoisotopic (exact) mass is 261 g/mol. The van der Waals surface area contributed by atoms with Crippen molar-refractivity contribution in [3.63, 3.8) is 0 Å². The summed E-state index contributed by atoms with van der Waals surface area (Å²) < 4.78 is 3.99. The maximum atomic E-state index is 4.32. The molecule has 0 atom stereocenters. The second-order valence-electron chi connectivity index (χ2n) is 5.02. The van der Waals surface area contributed by atoms with E-state index in [0.29, 0.717) is 0 Å². The molecular formula is C14H23N5. The largest absolute Gasteiger partial charge is 0.340 e. The van der Waals surface area contributed by atoms with E-state index in [1.165, 1.54) is 11.4 Å². The number of imidazole rings is 2. The maximum absolute atomic E-state index is 4.32. The Morgan fingerprint density at radius 3 is 1.74 bits per heavy atom. The lowest BCUT2D eigenvalue weighted by atomic mass is 10.2. The van der Waals surface area contributed by atoms with Gasteiger partial charge in [0, 0.05) is 26.5 Å². The maximum Gasteiger partial charge on any atom is 0.0946 e. The van der Waals surface area contributed by atoms with E-state index >= 15 is 0 Å². The van der Waals surface area contributed by atoms with Crippen LogP contribution in [-0.2, 0) is 26.9 Å². The number of aryl methyl sites for hydroxylation is 4. The zero-order valence-corrected chi connectivity index (χ0v) is 11.8. The van der Waals surface area contributed by atoms with Gasteiger partial charge in [0.05, 0.1) is 24.0 Å². The Hall–Kier alpha value is -1.62. The van der Waals surface area contributed by atoms with E-state index in [4.69, 9.17) is 0 Å². The number of nitrogens with zero attached hydrogens (tertiary/aromatic N) is 4. The van der Waals surface area contributed by atoms with Gasteiger partial charge in [-0.3, -0.25) is 0 Å². The minimum atomic E-state index is 1.05. The van der Waals surface area contributed by atoms with Gasteiger partial charge in [-0.05, 0) is 38.8 Å². The Labute approximate surface area is 114 Å². The molecule has 1 N–H and O–H groups in total. The van der Waals surface area contributed by atoms with Crippen molar-refractivity contribution in [3.8, 4) is 0 Å². The topological polar surface area (TPSA) is 47.7 Å². The normalized spacial score (nSPS) is 11.1. The van der Waals surface area contributed by atoms with Crippen LogP contribution in [0.25, 0.3) is 0 Å². The number of rotatable bonds is 8. The van der Waals surface area contributed by atoms with Crippen LogP contribution in [-0.4, -0.2) is 32.2 Å². The van der Waals surface area contributed by atoms with Gasteiger partial charge in [-0.2, -0.15) is 0 Å². The summed E-state index contributed by atoms with van der Waals surface area (Å²) in [6.07, 6.45) is 12.3. The molecule has 0 spiro atoms. The molecule has 0 saturated heterocycles. The molecule has 2 aromatic heterocycles. The fraction of sp³-hybridized carbons (Fsp3) is 0.571. The summed E-state index contributed by atoms with van der Waals surface area (Å²) in [6, 6.07) is 0. The Morgan fingerprint density at radius 2 is 1.37 bits per heavy atom. The predicted octanol–water partition coefficient (Wildman–Crippen LogP) is 1.31. The lowest BCUT2D eigenvalue weighted by molar-refractivity contribution is 0.617. The third kappa shape index (κ3) is 4.87. The molecule has 0 aromatic carbocycles. The molecular weight excluding hydrogens is 238 g/mol. The van der Waals surface area contributed by atoms with Crippen LogP contribution in [0, 0.1) is 0 Å². The number of aromatic nitrogens is 4. The van der Waals surface area contributed by atoms with Crippen LogP contribution in [0.5, 0.6) is 0 Å². The zero-order valence-electron chi connectivity index (χ0n) is 11.8. The summed E-state index contributed by atoms with van der Waals surface area (Å²) in [5.74, 6) is 0. The highest BCUT2D eigenvalue weighted by molar-refractivity contribution is 4.96. The van der Waals surface area contributed by atoms with Crippen LogP contribution in [0.15, 0.2) is 25.0 Å². The Bertz CT molecular complexity index is 441. The molecule has 2 heterocycles. The predicted molar refractivity (Wildman–Crippen MR) is 75.9 cm³/mol. The summed E-state index contributed by atoms with van der Waals surface area (Å²) >= 11 is 0. The second kappa shape index (κ2) is 7.09. The van der Waals surface area contributed by atoms with Crippen LogP contribution in [0.1, 0.15) is 24.2 Å². The molecule has 2 aromatic rings. The minimum absolute atomic E-state index is 1.05. The molecule has 19 heavy (non-hydrogen) atoms. The van der Waals surface area contributed by atoms with Crippen molar-refractivity contribution in [3.05, 3.63) is 36.4 Å². The lowest BCUT2D eigenvalue weighted by Gasteiger charge is -2.03. The highest BCUT2D eigenvalue weighted by atomic mass is 15.0. The van der Waals surface area contributed by atoms with Gasteiger partial charge in [0.1, 0.15) is 0 Å². The third-order valence-corrected chi connectivity index (χ3v) is 3.09. The van der Waals surface area contributed by atoms with Gasteiger partial charge in [-0.1, -0.05) is 0 Å². The van der Waals surface area contributed by atoms with Crippen LogP contribution in [0.3, 0.4) is 0 Å². The Balaban J connectivity index is 1.48.